The monoisotopic (exact) mass is 436 g/mol. The standard InChI is InChI=1S/C26H32N2O4/c29-24-9-8-20(26(31)27-24)21-12-17-11-18(6-7-19(17)25(21)30)32-23-3-1-2-22(23)28-13-15-4-5-16(10-15)14-28/h6-7,11,15-16,20-23H,1-5,8-10,12-14H2,(H,27,29,31)/t15?,16?,20?,21?,22-,23-/m0/s1. The van der Waals surface area contributed by atoms with Gasteiger partial charge in [0.25, 0.3) is 0 Å². The number of carbonyl (C=O) groups excluding carboxylic acids is 3. The average Bonchev–Trinajstić information content (AvgIpc) is 3.46. The number of hydrogen-bond acceptors (Lipinski definition) is 5. The van der Waals surface area contributed by atoms with Crippen LogP contribution in [-0.4, -0.2) is 47.7 Å². The van der Waals surface area contributed by atoms with Crippen molar-refractivity contribution >= 4 is 17.6 Å². The minimum atomic E-state index is -0.411. The first-order valence-electron chi connectivity index (χ1n) is 12.5. The van der Waals surface area contributed by atoms with Crippen molar-refractivity contribution < 1.29 is 19.1 Å². The molecule has 0 spiro atoms. The van der Waals surface area contributed by atoms with Crippen molar-refractivity contribution in [2.45, 2.75) is 69.9 Å². The van der Waals surface area contributed by atoms with Gasteiger partial charge in [0, 0.05) is 43.0 Å². The summed E-state index contributed by atoms with van der Waals surface area (Å²) < 4.78 is 6.53. The second-order valence-corrected chi connectivity index (χ2v) is 10.7. The molecule has 2 bridgehead atoms. The number of piperidine rings is 2. The highest BCUT2D eigenvalue weighted by molar-refractivity contribution is 6.07. The quantitative estimate of drug-likeness (QED) is 0.734. The first-order valence-corrected chi connectivity index (χ1v) is 12.5. The zero-order valence-electron chi connectivity index (χ0n) is 18.6. The van der Waals surface area contributed by atoms with E-state index >= 15 is 0 Å². The molecular formula is C26H32N2O4. The molecule has 5 aliphatic rings. The van der Waals surface area contributed by atoms with Gasteiger partial charge in [0.1, 0.15) is 11.9 Å². The highest BCUT2D eigenvalue weighted by Gasteiger charge is 2.43. The lowest BCUT2D eigenvalue weighted by Gasteiger charge is -2.38. The first kappa shape index (κ1) is 20.4. The molecule has 0 radical (unpaired) electrons. The highest BCUT2D eigenvalue weighted by Crippen LogP contribution is 2.41. The van der Waals surface area contributed by atoms with E-state index in [0.29, 0.717) is 30.9 Å². The molecule has 6 nitrogen and oxygen atoms in total. The lowest BCUT2D eigenvalue weighted by molar-refractivity contribution is -0.137. The number of nitrogens with zero attached hydrogens (tertiary/aromatic N) is 1. The van der Waals surface area contributed by atoms with Gasteiger partial charge in [-0.05, 0) is 87.0 Å². The molecule has 1 N–H and O–H groups in total. The number of hydrogen-bond donors (Lipinski definition) is 1. The molecule has 32 heavy (non-hydrogen) atoms. The normalized spacial score (nSPS) is 36.9. The molecular weight excluding hydrogens is 404 g/mol. The SMILES string of the molecule is O=C1CCC(C2Cc3cc(O[C@H]4CCC[C@@H]4N4CC5CCC(C5)C4)ccc3C2=O)C(=O)N1. The van der Waals surface area contributed by atoms with Crippen LogP contribution in [0.2, 0.25) is 0 Å². The number of imide groups is 1. The Morgan fingerprint density at radius 3 is 2.53 bits per heavy atom. The van der Waals surface area contributed by atoms with Gasteiger partial charge in [-0.2, -0.15) is 0 Å². The lowest BCUT2D eigenvalue weighted by Crippen LogP contribution is -2.48. The number of amides is 2. The summed E-state index contributed by atoms with van der Waals surface area (Å²) in [7, 11) is 0. The van der Waals surface area contributed by atoms with E-state index in [4.69, 9.17) is 4.74 Å². The molecule has 1 aromatic carbocycles. The Balaban J connectivity index is 1.15. The van der Waals surface area contributed by atoms with Crippen LogP contribution in [0.5, 0.6) is 5.75 Å². The molecule has 170 valence electrons. The molecule has 2 saturated heterocycles. The van der Waals surface area contributed by atoms with E-state index in [0.717, 1.165) is 29.6 Å². The Morgan fingerprint density at radius 2 is 1.75 bits per heavy atom. The smallest absolute Gasteiger partial charge is 0.230 e. The van der Waals surface area contributed by atoms with Crippen molar-refractivity contribution in [2.75, 3.05) is 13.1 Å². The van der Waals surface area contributed by atoms with Crippen molar-refractivity contribution in [3.8, 4) is 5.75 Å². The van der Waals surface area contributed by atoms with E-state index in [1.165, 1.54) is 45.2 Å². The number of Topliss-reactive ketones (excluding diaryl/α,β-unsaturated/α-hetero) is 1. The van der Waals surface area contributed by atoms with Crippen LogP contribution in [-0.2, 0) is 16.0 Å². The number of ketones is 1. The Bertz CT molecular complexity index is 947. The Morgan fingerprint density at radius 1 is 0.938 bits per heavy atom. The molecule has 4 fully saturated rings. The van der Waals surface area contributed by atoms with Gasteiger partial charge in [0.2, 0.25) is 11.8 Å². The average molecular weight is 437 g/mol. The van der Waals surface area contributed by atoms with Crippen LogP contribution < -0.4 is 10.1 Å². The van der Waals surface area contributed by atoms with Gasteiger partial charge >= 0.3 is 0 Å². The molecule has 4 unspecified atom stereocenters. The zero-order valence-corrected chi connectivity index (χ0v) is 18.6. The summed E-state index contributed by atoms with van der Waals surface area (Å²) in [5.74, 6) is 1.32. The fourth-order valence-corrected chi connectivity index (χ4v) is 7.16. The predicted molar refractivity (Wildman–Crippen MR) is 118 cm³/mol. The maximum absolute atomic E-state index is 13.0. The highest BCUT2D eigenvalue weighted by atomic mass is 16.5. The van der Waals surface area contributed by atoms with Crippen LogP contribution in [0.15, 0.2) is 18.2 Å². The van der Waals surface area contributed by atoms with E-state index in [1.54, 1.807) is 0 Å². The van der Waals surface area contributed by atoms with Gasteiger partial charge < -0.3 is 4.74 Å². The summed E-state index contributed by atoms with van der Waals surface area (Å²) in [5, 5.41) is 2.40. The topological polar surface area (TPSA) is 75.7 Å². The molecule has 2 aliphatic heterocycles. The summed E-state index contributed by atoms with van der Waals surface area (Å²) in [5.41, 5.74) is 1.69. The second kappa shape index (κ2) is 7.98. The molecule has 6 atom stereocenters. The van der Waals surface area contributed by atoms with Crippen molar-refractivity contribution in [3.05, 3.63) is 29.3 Å². The van der Waals surface area contributed by atoms with Crippen molar-refractivity contribution in [3.63, 3.8) is 0 Å². The van der Waals surface area contributed by atoms with Gasteiger partial charge in [0.15, 0.2) is 5.78 Å². The van der Waals surface area contributed by atoms with Gasteiger partial charge in [-0.15, -0.1) is 0 Å². The van der Waals surface area contributed by atoms with Crippen LogP contribution in [0.25, 0.3) is 0 Å². The summed E-state index contributed by atoms with van der Waals surface area (Å²) in [6.07, 6.45) is 9.27. The Labute approximate surface area is 189 Å². The summed E-state index contributed by atoms with van der Waals surface area (Å²) >= 11 is 0. The molecule has 0 aromatic heterocycles. The van der Waals surface area contributed by atoms with Gasteiger partial charge in [-0.1, -0.05) is 0 Å². The third-order valence-corrected chi connectivity index (χ3v) is 8.70. The van der Waals surface area contributed by atoms with Gasteiger partial charge in [-0.25, -0.2) is 0 Å². The van der Waals surface area contributed by atoms with Crippen LogP contribution >= 0.6 is 0 Å². The summed E-state index contributed by atoms with van der Waals surface area (Å²) in [6, 6.07) is 6.33. The maximum Gasteiger partial charge on any atom is 0.230 e. The van der Waals surface area contributed by atoms with Crippen LogP contribution in [0.3, 0.4) is 0 Å². The Hall–Kier alpha value is -2.21. The fraction of sp³-hybridized carbons (Fsp3) is 0.654. The summed E-state index contributed by atoms with van der Waals surface area (Å²) in [6.45, 7) is 2.46. The van der Waals surface area contributed by atoms with Crippen LogP contribution in [0, 0.1) is 23.7 Å². The number of rotatable bonds is 4. The second-order valence-electron chi connectivity index (χ2n) is 10.7. The molecule has 2 heterocycles. The van der Waals surface area contributed by atoms with E-state index in [-0.39, 0.29) is 29.6 Å². The minimum absolute atomic E-state index is 0.0311. The van der Waals surface area contributed by atoms with E-state index in [2.05, 4.69) is 10.2 Å². The number of ether oxygens (including phenoxy) is 1. The Kier molecular flexibility index (Phi) is 5.09. The van der Waals surface area contributed by atoms with Crippen LogP contribution in [0.4, 0.5) is 0 Å². The van der Waals surface area contributed by atoms with Gasteiger partial charge in [-0.3, -0.25) is 24.6 Å². The van der Waals surface area contributed by atoms with Crippen LogP contribution in [0.1, 0.15) is 67.3 Å². The fourth-order valence-electron chi connectivity index (χ4n) is 7.16. The third-order valence-electron chi connectivity index (χ3n) is 8.70. The van der Waals surface area contributed by atoms with Crippen molar-refractivity contribution in [2.24, 2.45) is 23.7 Å². The number of nitrogens with one attached hydrogen (secondary N) is 1. The molecule has 1 aromatic rings. The van der Waals surface area contributed by atoms with Crippen molar-refractivity contribution in [1.29, 1.82) is 0 Å². The van der Waals surface area contributed by atoms with Gasteiger partial charge in [0.05, 0.1) is 0 Å². The molecule has 3 aliphatic carbocycles. The number of fused-ring (bicyclic) bond motifs is 3. The molecule has 2 saturated carbocycles. The van der Waals surface area contributed by atoms with E-state index < -0.39 is 5.92 Å². The largest absolute Gasteiger partial charge is 0.489 e. The number of carbonyl (C=O) groups is 3. The first-order chi connectivity index (χ1) is 15.5. The summed E-state index contributed by atoms with van der Waals surface area (Å²) in [4.78, 5) is 39.5. The zero-order chi connectivity index (χ0) is 21.8. The maximum atomic E-state index is 13.0. The number of likely N-dealkylation sites (tertiary alicyclic amines) is 1. The van der Waals surface area contributed by atoms with Crippen molar-refractivity contribution in [1.82, 2.24) is 10.2 Å². The number of benzene rings is 1. The van der Waals surface area contributed by atoms with E-state index in [1.807, 2.05) is 18.2 Å². The molecule has 6 rings (SSSR count). The van der Waals surface area contributed by atoms with E-state index in [9.17, 15) is 14.4 Å². The molecule has 6 heteroatoms. The predicted octanol–water partition coefficient (Wildman–Crippen LogP) is 3.13. The third kappa shape index (κ3) is 3.57. The minimum Gasteiger partial charge on any atom is -0.489 e. The lowest BCUT2D eigenvalue weighted by atomic mass is 9.83. The molecule has 2 amide bonds.